The summed E-state index contributed by atoms with van der Waals surface area (Å²) in [7, 11) is 0. The maximum atomic E-state index is 11.4. The maximum absolute atomic E-state index is 11.4. The monoisotopic (exact) mass is 241 g/mol. The van der Waals surface area contributed by atoms with E-state index < -0.39 is 5.97 Å². The zero-order valence-electron chi connectivity index (χ0n) is 10.6. The zero-order chi connectivity index (χ0) is 12.3. The molecule has 1 aliphatic carbocycles. The average molecular weight is 241 g/mol. The topological polar surface area (TPSA) is 49.8 Å². The number of rotatable bonds is 6. The van der Waals surface area contributed by atoms with Crippen LogP contribution in [-0.4, -0.2) is 48.3 Å². The predicted octanol–water partition coefficient (Wildman–Crippen LogP) is 1.60. The minimum absolute atomic E-state index is 0.257. The summed E-state index contributed by atoms with van der Waals surface area (Å²) in [4.78, 5) is 13.5. The molecule has 0 bridgehead atoms. The standard InChI is InChI=1S/C13H23NO3/c1-2-7-17-8-6-14-9-10-4-3-5-11(10)12(14)13(15)16/h10-12H,2-9H2,1H3,(H,15,16). The fourth-order valence-electron chi connectivity index (χ4n) is 3.39. The van der Waals surface area contributed by atoms with Crippen molar-refractivity contribution in [3.63, 3.8) is 0 Å². The number of fused-ring (bicyclic) bond motifs is 1. The maximum Gasteiger partial charge on any atom is 0.321 e. The molecule has 0 radical (unpaired) electrons. The summed E-state index contributed by atoms with van der Waals surface area (Å²) < 4.78 is 5.46. The van der Waals surface area contributed by atoms with Crippen LogP contribution in [0, 0.1) is 11.8 Å². The van der Waals surface area contributed by atoms with E-state index in [4.69, 9.17) is 4.74 Å². The predicted molar refractivity (Wildman–Crippen MR) is 64.9 cm³/mol. The number of carboxylic acids is 1. The van der Waals surface area contributed by atoms with Crippen LogP contribution in [0.2, 0.25) is 0 Å². The molecule has 1 saturated heterocycles. The summed E-state index contributed by atoms with van der Waals surface area (Å²) in [6, 6.07) is -0.257. The second-order valence-corrected chi connectivity index (χ2v) is 5.25. The van der Waals surface area contributed by atoms with Gasteiger partial charge in [-0.05, 0) is 31.1 Å². The molecule has 4 heteroatoms. The minimum atomic E-state index is -0.644. The molecule has 3 atom stereocenters. The lowest BCUT2D eigenvalue weighted by Crippen LogP contribution is -2.41. The summed E-state index contributed by atoms with van der Waals surface area (Å²) in [5, 5.41) is 9.35. The highest BCUT2D eigenvalue weighted by Crippen LogP contribution is 2.41. The first kappa shape index (κ1) is 12.8. The van der Waals surface area contributed by atoms with E-state index in [-0.39, 0.29) is 6.04 Å². The molecule has 0 spiro atoms. The van der Waals surface area contributed by atoms with Crippen LogP contribution in [0.4, 0.5) is 0 Å². The van der Waals surface area contributed by atoms with Gasteiger partial charge in [0, 0.05) is 19.7 Å². The zero-order valence-corrected chi connectivity index (χ0v) is 10.6. The van der Waals surface area contributed by atoms with Crippen molar-refractivity contribution in [2.75, 3.05) is 26.3 Å². The van der Waals surface area contributed by atoms with Gasteiger partial charge in [-0.15, -0.1) is 0 Å². The third kappa shape index (κ3) is 2.80. The number of aliphatic carboxylic acids is 1. The number of likely N-dealkylation sites (tertiary alicyclic amines) is 1. The number of carbonyl (C=O) groups is 1. The van der Waals surface area contributed by atoms with E-state index in [1.165, 1.54) is 12.8 Å². The highest BCUT2D eigenvalue weighted by atomic mass is 16.5. The smallest absolute Gasteiger partial charge is 0.321 e. The Kier molecular flexibility index (Phi) is 4.40. The summed E-state index contributed by atoms with van der Waals surface area (Å²) in [5.74, 6) is 0.357. The van der Waals surface area contributed by atoms with Gasteiger partial charge in [0.25, 0.3) is 0 Å². The molecular weight excluding hydrogens is 218 g/mol. The number of hydrogen-bond acceptors (Lipinski definition) is 3. The van der Waals surface area contributed by atoms with Crippen LogP contribution in [0.25, 0.3) is 0 Å². The van der Waals surface area contributed by atoms with E-state index in [2.05, 4.69) is 11.8 Å². The molecule has 0 aromatic heterocycles. The van der Waals surface area contributed by atoms with Crippen LogP contribution in [-0.2, 0) is 9.53 Å². The number of hydrogen-bond donors (Lipinski definition) is 1. The van der Waals surface area contributed by atoms with Crippen LogP contribution in [0.1, 0.15) is 32.6 Å². The van der Waals surface area contributed by atoms with Crippen LogP contribution < -0.4 is 0 Å². The Morgan fingerprint density at radius 3 is 2.94 bits per heavy atom. The van der Waals surface area contributed by atoms with Gasteiger partial charge >= 0.3 is 5.97 Å². The highest BCUT2D eigenvalue weighted by Gasteiger charge is 2.47. The largest absolute Gasteiger partial charge is 0.480 e. The Morgan fingerprint density at radius 1 is 1.41 bits per heavy atom. The third-order valence-corrected chi connectivity index (χ3v) is 4.11. The van der Waals surface area contributed by atoms with Crippen molar-refractivity contribution in [3.8, 4) is 0 Å². The van der Waals surface area contributed by atoms with E-state index in [0.29, 0.717) is 18.4 Å². The van der Waals surface area contributed by atoms with Gasteiger partial charge in [-0.1, -0.05) is 13.3 Å². The average Bonchev–Trinajstić information content (AvgIpc) is 2.83. The Labute approximate surface area is 103 Å². The second kappa shape index (κ2) is 5.83. The van der Waals surface area contributed by atoms with E-state index in [1.54, 1.807) is 0 Å². The van der Waals surface area contributed by atoms with Crippen molar-refractivity contribution in [2.45, 2.75) is 38.6 Å². The van der Waals surface area contributed by atoms with Gasteiger partial charge in [0.15, 0.2) is 0 Å². The fraction of sp³-hybridized carbons (Fsp3) is 0.923. The van der Waals surface area contributed by atoms with Gasteiger partial charge in [0.2, 0.25) is 0 Å². The molecular formula is C13H23NO3. The van der Waals surface area contributed by atoms with Crippen molar-refractivity contribution < 1.29 is 14.6 Å². The lowest BCUT2D eigenvalue weighted by molar-refractivity contribution is -0.143. The lowest BCUT2D eigenvalue weighted by Gasteiger charge is -2.23. The van der Waals surface area contributed by atoms with Crippen molar-refractivity contribution in [1.29, 1.82) is 0 Å². The van der Waals surface area contributed by atoms with Gasteiger partial charge in [0.1, 0.15) is 6.04 Å². The van der Waals surface area contributed by atoms with Gasteiger partial charge in [-0.25, -0.2) is 0 Å². The van der Waals surface area contributed by atoms with Crippen LogP contribution in [0.5, 0.6) is 0 Å². The van der Waals surface area contributed by atoms with Crippen molar-refractivity contribution >= 4 is 5.97 Å². The number of ether oxygens (including phenoxy) is 1. The molecule has 2 rings (SSSR count). The quantitative estimate of drug-likeness (QED) is 0.718. The van der Waals surface area contributed by atoms with Crippen molar-refractivity contribution in [3.05, 3.63) is 0 Å². The molecule has 3 unspecified atom stereocenters. The first-order valence-corrected chi connectivity index (χ1v) is 6.78. The summed E-state index contributed by atoms with van der Waals surface area (Å²) in [6.45, 7) is 5.25. The summed E-state index contributed by atoms with van der Waals surface area (Å²) >= 11 is 0. The molecule has 4 nitrogen and oxygen atoms in total. The molecule has 0 amide bonds. The van der Waals surface area contributed by atoms with Crippen molar-refractivity contribution in [2.24, 2.45) is 11.8 Å². The van der Waals surface area contributed by atoms with Gasteiger partial charge in [-0.2, -0.15) is 0 Å². The van der Waals surface area contributed by atoms with Gasteiger partial charge in [0.05, 0.1) is 6.61 Å². The van der Waals surface area contributed by atoms with Crippen LogP contribution in [0.15, 0.2) is 0 Å². The third-order valence-electron chi connectivity index (χ3n) is 4.11. The molecule has 0 aromatic carbocycles. The second-order valence-electron chi connectivity index (χ2n) is 5.25. The first-order valence-electron chi connectivity index (χ1n) is 6.78. The van der Waals surface area contributed by atoms with E-state index in [1.807, 2.05) is 0 Å². The molecule has 2 fully saturated rings. The number of nitrogens with zero attached hydrogens (tertiary/aromatic N) is 1. The van der Waals surface area contributed by atoms with Crippen LogP contribution in [0.3, 0.4) is 0 Å². The Hall–Kier alpha value is -0.610. The molecule has 0 aromatic rings. The highest BCUT2D eigenvalue weighted by molar-refractivity contribution is 5.74. The number of carboxylic acid groups (broad SMARTS) is 1. The van der Waals surface area contributed by atoms with Crippen molar-refractivity contribution in [1.82, 2.24) is 4.90 Å². The molecule has 17 heavy (non-hydrogen) atoms. The van der Waals surface area contributed by atoms with E-state index >= 15 is 0 Å². The van der Waals surface area contributed by atoms with Gasteiger partial charge < -0.3 is 9.84 Å². The van der Waals surface area contributed by atoms with E-state index in [9.17, 15) is 9.90 Å². The minimum Gasteiger partial charge on any atom is -0.480 e. The fourth-order valence-corrected chi connectivity index (χ4v) is 3.39. The SMILES string of the molecule is CCCOCCN1CC2CCCC2C1C(=O)O. The Bertz CT molecular complexity index is 269. The molecule has 1 saturated carbocycles. The normalized spacial score (nSPS) is 32.9. The lowest BCUT2D eigenvalue weighted by atomic mass is 9.94. The van der Waals surface area contributed by atoms with Gasteiger partial charge in [-0.3, -0.25) is 9.69 Å². The van der Waals surface area contributed by atoms with Crippen LogP contribution >= 0.6 is 0 Å². The Balaban J connectivity index is 1.86. The molecule has 1 aliphatic heterocycles. The first-order chi connectivity index (χ1) is 8.24. The summed E-state index contributed by atoms with van der Waals surface area (Å²) in [6.07, 6.45) is 4.53. The molecule has 2 aliphatic rings. The molecule has 98 valence electrons. The molecule has 1 heterocycles. The molecule has 1 N–H and O–H groups in total. The Morgan fingerprint density at radius 2 is 2.24 bits per heavy atom. The summed E-state index contributed by atoms with van der Waals surface area (Å²) in [5.41, 5.74) is 0. The van der Waals surface area contributed by atoms with E-state index in [0.717, 1.165) is 32.5 Å².